The average Bonchev–Trinajstić information content (AvgIpc) is 2.89. The third kappa shape index (κ3) is 4.03. The van der Waals surface area contributed by atoms with Gasteiger partial charge in [-0.15, -0.1) is 0 Å². The molecule has 0 aliphatic heterocycles. The Labute approximate surface area is 114 Å². The van der Waals surface area contributed by atoms with Crippen LogP contribution in [0.15, 0.2) is 24.4 Å². The lowest BCUT2D eigenvalue weighted by Gasteiger charge is -2.28. The minimum absolute atomic E-state index is 0.0480. The number of rotatable bonds is 6. The summed E-state index contributed by atoms with van der Waals surface area (Å²) in [5.74, 6) is 0.0480. The molecule has 0 unspecified atom stereocenters. The van der Waals surface area contributed by atoms with Gasteiger partial charge >= 0.3 is 0 Å². The van der Waals surface area contributed by atoms with Crippen LogP contribution in [0.4, 0.5) is 0 Å². The van der Waals surface area contributed by atoms with Crippen molar-refractivity contribution in [1.82, 2.24) is 10.3 Å². The third-order valence-electron chi connectivity index (χ3n) is 3.83. The van der Waals surface area contributed by atoms with Gasteiger partial charge in [-0.05, 0) is 37.8 Å². The van der Waals surface area contributed by atoms with Crippen molar-refractivity contribution in [2.24, 2.45) is 0 Å². The van der Waals surface area contributed by atoms with Crippen LogP contribution in [0.5, 0.6) is 0 Å². The van der Waals surface area contributed by atoms with Gasteiger partial charge in [0.15, 0.2) is 0 Å². The Balaban J connectivity index is 1.73. The smallest absolute Gasteiger partial charge is 0.220 e. The monoisotopic (exact) mass is 262 g/mol. The number of carbonyl (C=O) groups excluding carboxylic acids is 1. The number of hydrogen-bond donors (Lipinski definition) is 2. The molecule has 1 fully saturated rings. The molecule has 2 N–H and O–H groups in total. The fraction of sp³-hybridized carbons (Fsp3) is 0.600. The molecule has 0 aromatic carbocycles. The zero-order valence-corrected chi connectivity index (χ0v) is 11.3. The molecule has 1 amide bonds. The first kappa shape index (κ1) is 14.0. The van der Waals surface area contributed by atoms with E-state index in [9.17, 15) is 9.90 Å². The molecule has 0 atom stereocenters. The molecule has 0 saturated heterocycles. The lowest BCUT2D eigenvalue weighted by Crippen LogP contribution is -2.49. The van der Waals surface area contributed by atoms with Gasteiger partial charge < -0.3 is 10.4 Å². The number of carbonyl (C=O) groups is 1. The van der Waals surface area contributed by atoms with Crippen molar-refractivity contribution in [2.75, 3.05) is 6.61 Å². The summed E-state index contributed by atoms with van der Waals surface area (Å²) in [7, 11) is 0. The fourth-order valence-electron chi connectivity index (χ4n) is 2.71. The third-order valence-corrected chi connectivity index (χ3v) is 3.83. The first-order valence-corrected chi connectivity index (χ1v) is 7.06. The van der Waals surface area contributed by atoms with Crippen molar-refractivity contribution in [3.05, 3.63) is 30.1 Å². The van der Waals surface area contributed by atoms with Gasteiger partial charge in [-0.3, -0.25) is 9.78 Å². The fourth-order valence-corrected chi connectivity index (χ4v) is 2.71. The van der Waals surface area contributed by atoms with Crippen LogP contribution >= 0.6 is 0 Å². The molecule has 1 aliphatic carbocycles. The number of aliphatic hydroxyl groups is 1. The zero-order valence-electron chi connectivity index (χ0n) is 11.3. The number of aromatic nitrogens is 1. The van der Waals surface area contributed by atoms with Crippen LogP contribution in [0.3, 0.4) is 0 Å². The van der Waals surface area contributed by atoms with E-state index in [0.717, 1.165) is 44.2 Å². The number of hydrogen-bond acceptors (Lipinski definition) is 3. The molecule has 4 heteroatoms. The molecule has 19 heavy (non-hydrogen) atoms. The van der Waals surface area contributed by atoms with Gasteiger partial charge in [-0.1, -0.05) is 18.9 Å². The highest BCUT2D eigenvalue weighted by molar-refractivity contribution is 5.76. The standard InChI is InChI=1S/C15H22N2O2/c18-12-15(9-2-3-10-15)17-14(19)8-5-7-13-6-1-4-11-16-13/h1,4,6,11,18H,2-3,5,7-10,12H2,(H,17,19). The minimum atomic E-state index is -0.345. The Morgan fingerprint density at radius 1 is 1.37 bits per heavy atom. The highest BCUT2D eigenvalue weighted by atomic mass is 16.3. The topological polar surface area (TPSA) is 62.2 Å². The molecular weight excluding hydrogens is 240 g/mol. The predicted octanol–water partition coefficient (Wildman–Crippen LogP) is 1.83. The van der Waals surface area contributed by atoms with E-state index in [0.29, 0.717) is 6.42 Å². The van der Waals surface area contributed by atoms with Crippen molar-refractivity contribution >= 4 is 5.91 Å². The van der Waals surface area contributed by atoms with E-state index in [4.69, 9.17) is 0 Å². The summed E-state index contributed by atoms with van der Waals surface area (Å²) in [6.45, 7) is 0.0545. The van der Waals surface area contributed by atoms with Gasteiger partial charge in [0.1, 0.15) is 0 Å². The molecule has 1 saturated carbocycles. The molecule has 1 aliphatic rings. The molecule has 4 nitrogen and oxygen atoms in total. The van der Waals surface area contributed by atoms with Crippen molar-refractivity contribution in [2.45, 2.75) is 50.5 Å². The van der Waals surface area contributed by atoms with Crippen molar-refractivity contribution in [3.63, 3.8) is 0 Å². The van der Waals surface area contributed by atoms with Crippen LogP contribution in [-0.2, 0) is 11.2 Å². The Kier molecular flexibility index (Phi) is 4.91. The van der Waals surface area contributed by atoms with Crippen LogP contribution in [0.25, 0.3) is 0 Å². The van der Waals surface area contributed by atoms with Crippen LogP contribution < -0.4 is 5.32 Å². The Bertz CT molecular complexity index is 400. The van der Waals surface area contributed by atoms with Gasteiger partial charge in [-0.25, -0.2) is 0 Å². The van der Waals surface area contributed by atoms with Crippen LogP contribution in [0.1, 0.15) is 44.2 Å². The lowest BCUT2D eigenvalue weighted by atomic mass is 9.98. The molecule has 1 aromatic rings. The van der Waals surface area contributed by atoms with Crippen molar-refractivity contribution in [3.8, 4) is 0 Å². The van der Waals surface area contributed by atoms with E-state index < -0.39 is 0 Å². The van der Waals surface area contributed by atoms with E-state index in [1.54, 1.807) is 6.20 Å². The number of nitrogens with one attached hydrogen (secondary N) is 1. The Hall–Kier alpha value is -1.42. The Morgan fingerprint density at radius 2 is 2.16 bits per heavy atom. The molecule has 1 aromatic heterocycles. The van der Waals surface area contributed by atoms with Crippen molar-refractivity contribution in [1.29, 1.82) is 0 Å². The maximum absolute atomic E-state index is 11.9. The summed E-state index contributed by atoms with van der Waals surface area (Å²) in [6.07, 6.45) is 7.87. The normalized spacial score (nSPS) is 17.3. The molecule has 0 spiro atoms. The maximum atomic E-state index is 11.9. The van der Waals surface area contributed by atoms with E-state index in [-0.39, 0.29) is 18.1 Å². The van der Waals surface area contributed by atoms with E-state index in [1.165, 1.54) is 0 Å². The summed E-state index contributed by atoms with van der Waals surface area (Å²) >= 11 is 0. The van der Waals surface area contributed by atoms with Gasteiger partial charge in [0, 0.05) is 18.3 Å². The minimum Gasteiger partial charge on any atom is -0.394 e. The maximum Gasteiger partial charge on any atom is 0.220 e. The largest absolute Gasteiger partial charge is 0.394 e. The summed E-state index contributed by atoms with van der Waals surface area (Å²) in [5, 5.41) is 12.5. The first-order valence-electron chi connectivity index (χ1n) is 7.06. The number of pyridine rings is 1. The summed E-state index contributed by atoms with van der Waals surface area (Å²) in [5.41, 5.74) is 0.676. The van der Waals surface area contributed by atoms with Gasteiger partial charge in [0.2, 0.25) is 5.91 Å². The average molecular weight is 262 g/mol. The molecule has 2 rings (SSSR count). The predicted molar refractivity (Wildman–Crippen MR) is 73.6 cm³/mol. The van der Waals surface area contributed by atoms with E-state index >= 15 is 0 Å². The molecular formula is C15H22N2O2. The lowest BCUT2D eigenvalue weighted by molar-refractivity contribution is -0.123. The quantitative estimate of drug-likeness (QED) is 0.822. The van der Waals surface area contributed by atoms with Gasteiger partial charge in [-0.2, -0.15) is 0 Å². The van der Waals surface area contributed by atoms with Crippen LogP contribution in [0, 0.1) is 0 Å². The Morgan fingerprint density at radius 3 is 2.79 bits per heavy atom. The number of amides is 1. The van der Waals surface area contributed by atoms with Crippen LogP contribution in [-0.4, -0.2) is 28.1 Å². The molecule has 0 bridgehead atoms. The van der Waals surface area contributed by atoms with Gasteiger partial charge in [0.25, 0.3) is 0 Å². The second kappa shape index (κ2) is 6.66. The van der Waals surface area contributed by atoms with E-state index in [2.05, 4.69) is 10.3 Å². The number of aryl methyl sites for hydroxylation is 1. The first-order chi connectivity index (χ1) is 9.24. The second-order valence-corrected chi connectivity index (χ2v) is 5.37. The van der Waals surface area contributed by atoms with Crippen molar-refractivity contribution < 1.29 is 9.90 Å². The summed E-state index contributed by atoms with van der Waals surface area (Å²) in [6, 6.07) is 5.83. The zero-order chi connectivity index (χ0) is 13.6. The van der Waals surface area contributed by atoms with Gasteiger partial charge in [0.05, 0.1) is 12.1 Å². The highest BCUT2D eigenvalue weighted by Crippen LogP contribution is 2.29. The SMILES string of the molecule is O=C(CCCc1ccccn1)NC1(CO)CCCC1. The number of aliphatic hydroxyl groups excluding tert-OH is 1. The molecule has 1 heterocycles. The second-order valence-electron chi connectivity index (χ2n) is 5.37. The van der Waals surface area contributed by atoms with Crippen LogP contribution in [0.2, 0.25) is 0 Å². The summed E-state index contributed by atoms with van der Waals surface area (Å²) < 4.78 is 0. The highest BCUT2D eigenvalue weighted by Gasteiger charge is 2.34. The summed E-state index contributed by atoms with van der Waals surface area (Å²) in [4.78, 5) is 16.1. The van der Waals surface area contributed by atoms with E-state index in [1.807, 2.05) is 18.2 Å². The molecule has 104 valence electrons. The molecule has 0 radical (unpaired) electrons. The number of nitrogens with zero attached hydrogens (tertiary/aromatic N) is 1.